The molecule has 2 unspecified atom stereocenters. The third-order valence-corrected chi connectivity index (χ3v) is 9.83. The molecule has 1 aliphatic heterocycles. The maximum atomic E-state index is 12.6. The second kappa shape index (κ2) is 16.3. The summed E-state index contributed by atoms with van der Waals surface area (Å²) >= 11 is 3.95. The Morgan fingerprint density at radius 2 is 1.77 bits per heavy atom. The average Bonchev–Trinajstić information content (AvgIpc) is 3.54. The number of ether oxygens (including phenoxy) is 1. The highest BCUT2D eigenvalue weighted by Crippen LogP contribution is 2.61. The fourth-order valence-electron chi connectivity index (χ4n) is 4.14. The van der Waals surface area contributed by atoms with Crippen LogP contribution in [0.5, 0.6) is 0 Å². The highest BCUT2D eigenvalue weighted by molar-refractivity contribution is 7.80. The van der Waals surface area contributed by atoms with Gasteiger partial charge in [-0.25, -0.2) is 28.6 Å². The smallest absolute Gasteiger partial charge is 0.386 e. The number of nitrogens with one attached hydrogen (secondary N) is 2. The van der Waals surface area contributed by atoms with Gasteiger partial charge >= 0.3 is 23.5 Å². The Morgan fingerprint density at radius 1 is 1.10 bits per heavy atom. The Hall–Kier alpha value is -2.11. The van der Waals surface area contributed by atoms with Crippen LogP contribution >= 0.6 is 36.1 Å². The van der Waals surface area contributed by atoms with Crippen LogP contribution in [0.4, 0.5) is 5.82 Å². The van der Waals surface area contributed by atoms with Crippen molar-refractivity contribution < 1.29 is 75.7 Å². The van der Waals surface area contributed by atoms with Gasteiger partial charge in [-0.15, -0.1) is 0 Å². The molecule has 0 saturated carbocycles. The molecule has 48 heavy (non-hydrogen) atoms. The fraction of sp³-hybridized carbons (Fsp3) is 0.667. The Labute approximate surface area is 277 Å². The van der Waals surface area contributed by atoms with Gasteiger partial charge in [0.1, 0.15) is 36.3 Å². The molecule has 0 spiro atoms. The van der Waals surface area contributed by atoms with Crippen LogP contribution in [0.1, 0.15) is 26.5 Å². The number of aromatic nitrogens is 4. The van der Waals surface area contributed by atoms with E-state index in [0.29, 0.717) is 12.3 Å². The summed E-state index contributed by atoms with van der Waals surface area (Å²) in [5.41, 5.74) is 4.30. The van der Waals surface area contributed by atoms with Gasteiger partial charge in [-0.3, -0.25) is 27.7 Å². The normalized spacial score (nSPS) is 23.4. The van der Waals surface area contributed by atoms with Crippen LogP contribution in [0.3, 0.4) is 0 Å². The number of carbonyl (C=O) groups excluding carboxylic acids is 2. The first kappa shape index (κ1) is 40.3. The highest BCUT2D eigenvalue weighted by atomic mass is 32.1. The van der Waals surface area contributed by atoms with Gasteiger partial charge in [-0.2, -0.15) is 16.9 Å². The maximum Gasteiger partial charge on any atom is 0.481 e. The molecule has 3 heterocycles. The van der Waals surface area contributed by atoms with Gasteiger partial charge in [0.25, 0.3) is 0 Å². The number of aliphatic hydroxyl groups is 2. The van der Waals surface area contributed by atoms with Crippen LogP contribution in [0.25, 0.3) is 11.2 Å². The number of hydrogen-bond donors (Lipinski definition) is 10. The van der Waals surface area contributed by atoms with E-state index in [1.54, 1.807) is 0 Å². The van der Waals surface area contributed by atoms with E-state index >= 15 is 0 Å². The Morgan fingerprint density at radius 3 is 2.42 bits per heavy atom. The third kappa shape index (κ3) is 11.2. The van der Waals surface area contributed by atoms with Gasteiger partial charge in [-0.1, -0.05) is 13.8 Å². The third-order valence-electron chi connectivity index (χ3n) is 6.51. The summed E-state index contributed by atoms with van der Waals surface area (Å²) < 4.78 is 61.7. The molecule has 0 bridgehead atoms. The molecule has 2 amide bonds. The molecule has 272 valence electrons. The van der Waals surface area contributed by atoms with E-state index in [0.717, 1.165) is 17.2 Å². The highest BCUT2D eigenvalue weighted by Gasteiger charge is 2.50. The van der Waals surface area contributed by atoms with Crippen molar-refractivity contribution in [1.82, 2.24) is 30.2 Å². The lowest BCUT2D eigenvalue weighted by Crippen LogP contribution is -2.46. The van der Waals surface area contributed by atoms with Gasteiger partial charge < -0.3 is 50.9 Å². The number of hydrogen-bond acceptors (Lipinski definition) is 17. The van der Waals surface area contributed by atoms with Gasteiger partial charge in [-0.05, 0) is 0 Å². The number of thiol groups is 1. The lowest BCUT2D eigenvalue weighted by Gasteiger charge is -2.30. The number of aliphatic hydroxyl groups excluding tert-OH is 2. The number of fused-ring (bicyclic) bond motifs is 1. The topological polar surface area (TPSA) is 347 Å². The summed E-state index contributed by atoms with van der Waals surface area (Å²) in [4.78, 5) is 74.6. The van der Waals surface area contributed by atoms with Crippen LogP contribution in [0, 0.1) is 5.41 Å². The molecule has 27 heteroatoms. The van der Waals surface area contributed by atoms with E-state index in [4.69, 9.17) is 19.5 Å². The van der Waals surface area contributed by atoms with Crippen molar-refractivity contribution in [2.24, 2.45) is 5.41 Å². The van der Waals surface area contributed by atoms with Crippen LogP contribution in [-0.4, -0.2) is 118 Å². The van der Waals surface area contributed by atoms with Crippen molar-refractivity contribution in [2.75, 3.05) is 37.8 Å². The number of amides is 2. The minimum atomic E-state index is -5.54. The predicted octanol–water partition coefficient (Wildman–Crippen LogP) is -1.67. The van der Waals surface area contributed by atoms with E-state index in [9.17, 15) is 53.1 Å². The molecule has 2 aromatic heterocycles. The number of nitrogen functional groups attached to an aromatic ring is 1. The zero-order valence-electron chi connectivity index (χ0n) is 25.2. The summed E-state index contributed by atoms with van der Waals surface area (Å²) in [5.74, 6) is -0.943. The molecular formula is C21H36N7O16P3S. The van der Waals surface area contributed by atoms with Crippen molar-refractivity contribution in [3.8, 4) is 0 Å². The largest absolute Gasteiger partial charge is 0.481 e. The predicted molar refractivity (Wildman–Crippen MR) is 163 cm³/mol. The summed E-state index contributed by atoms with van der Waals surface area (Å²) in [6.07, 6.45) is -6.74. The summed E-state index contributed by atoms with van der Waals surface area (Å²) in [6.45, 7) is 0.723. The molecule has 2 aromatic rings. The maximum absolute atomic E-state index is 12.6. The van der Waals surface area contributed by atoms with Crippen LogP contribution in [0.2, 0.25) is 0 Å². The molecule has 0 aromatic carbocycles. The number of carbonyl (C=O) groups is 2. The standard InChI is InChI=1S/C21H36N7O16P3S/c1-21(2,16(31)19(32)24-4-3-12(29)23-5-6-48)8-41-47(38,39)44-46(36,37)40-7-11-15(43-45(33,34)35)14(30)20(42-11)28-10-27-13-17(22)25-9-26-18(13)28/h9-11,14-16,20,30-31,48H,3-8H2,1-2H3,(H,23,29)(H,24,32)(H,36,37)(H,38,39)(H2,22,25,26)(H2,33,34,35)/t11-,14-,15+,16-,20-/m0/s1. The molecule has 0 radical (unpaired) electrons. The van der Waals surface area contributed by atoms with Crippen molar-refractivity contribution >= 4 is 64.9 Å². The number of anilines is 1. The number of nitrogens with two attached hydrogens (primary N) is 1. The monoisotopic (exact) mass is 767 g/mol. The second-order valence-electron chi connectivity index (χ2n) is 10.8. The lowest BCUT2D eigenvalue weighted by atomic mass is 9.87. The summed E-state index contributed by atoms with van der Waals surface area (Å²) in [6, 6.07) is 0. The number of phosphoric acid groups is 3. The number of rotatable bonds is 18. The zero-order valence-corrected chi connectivity index (χ0v) is 28.8. The first-order valence-electron chi connectivity index (χ1n) is 13.7. The molecule has 0 aliphatic carbocycles. The van der Waals surface area contributed by atoms with Crippen molar-refractivity contribution in [2.45, 2.75) is 50.9 Å². The van der Waals surface area contributed by atoms with Crippen LogP contribution in [-0.2, 0) is 45.9 Å². The van der Waals surface area contributed by atoms with Gasteiger partial charge in [0.2, 0.25) is 11.8 Å². The SMILES string of the molecule is CC(C)(COP(=O)(O)OP(=O)(O)OC[C@@H]1O[C@H](n2cnc3c(N)ncnc32)[C@@H](O)[C@@H]1OP(=O)(O)O)[C@@H](O)C(=O)NCCC(=O)NCCS. The molecule has 23 nitrogen and oxygen atoms in total. The molecule has 10 N–H and O–H groups in total. The lowest BCUT2D eigenvalue weighted by molar-refractivity contribution is -0.137. The number of nitrogens with zero attached hydrogens (tertiary/aromatic N) is 4. The average molecular weight is 768 g/mol. The zero-order chi connectivity index (χ0) is 36.1. The summed E-state index contributed by atoms with van der Waals surface area (Å²) in [5, 5.41) is 26.1. The van der Waals surface area contributed by atoms with Crippen molar-refractivity contribution in [1.29, 1.82) is 0 Å². The Kier molecular flexibility index (Phi) is 13.7. The molecular weight excluding hydrogens is 731 g/mol. The minimum Gasteiger partial charge on any atom is -0.386 e. The molecule has 1 fully saturated rings. The van der Waals surface area contributed by atoms with E-state index in [1.165, 1.54) is 13.8 Å². The first-order chi connectivity index (χ1) is 22.2. The molecule has 3 rings (SSSR count). The Balaban J connectivity index is 1.61. The minimum absolute atomic E-state index is 0.0363. The molecule has 7 atom stereocenters. The van der Waals surface area contributed by atoms with Crippen molar-refractivity contribution in [3.63, 3.8) is 0 Å². The first-order valence-corrected chi connectivity index (χ1v) is 18.8. The number of phosphoric ester groups is 3. The van der Waals surface area contributed by atoms with E-state index < -0.39 is 78.6 Å². The second-order valence-corrected chi connectivity index (χ2v) is 15.5. The number of imidazole rings is 1. The van der Waals surface area contributed by atoms with Gasteiger partial charge in [0.15, 0.2) is 17.7 Å². The van der Waals surface area contributed by atoms with Crippen LogP contribution in [0.15, 0.2) is 12.7 Å². The van der Waals surface area contributed by atoms with Gasteiger partial charge in [0.05, 0.1) is 19.5 Å². The molecule has 1 saturated heterocycles. The molecule has 1 aliphatic rings. The summed E-state index contributed by atoms with van der Waals surface area (Å²) in [7, 11) is -16.3. The van der Waals surface area contributed by atoms with E-state index in [-0.39, 0.29) is 35.9 Å². The fourth-order valence-corrected chi connectivity index (χ4v) is 7.08. The van der Waals surface area contributed by atoms with E-state index in [1.807, 2.05) is 0 Å². The van der Waals surface area contributed by atoms with Crippen LogP contribution < -0.4 is 16.4 Å². The van der Waals surface area contributed by atoms with E-state index in [2.05, 4.69) is 47.0 Å². The Bertz CT molecular complexity index is 1590. The van der Waals surface area contributed by atoms with Crippen molar-refractivity contribution in [3.05, 3.63) is 12.7 Å². The van der Waals surface area contributed by atoms with Gasteiger partial charge in [0, 0.05) is 30.7 Å². The quantitative estimate of drug-likeness (QED) is 0.0599.